The van der Waals surface area contributed by atoms with E-state index in [0.29, 0.717) is 0 Å². The Balaban J connectivity index is 2.00. The van der Waals surface area contributed by atoms with E-state index in [-0.39, 0.29) is 29.1 Å². The summed E-state index contributed by atoms with van der Waals surface area (Å²) in [5, 5.41) is 21.7. The van der Waals surface area contributed by atoms with Gasteiger partial charge in [-0.1, -0.05) is 78.8 Å². The molecule has 0 aliphatic heterocycles. The average molecular weight is 536 g/mol. The van der Waals surface area contributed by atoms with Gasteiger partial charge in [0.1, 0.15) is 6.10 Å². The molecule has 4 nitrogen and oxygen atoms in total. The second-order valence-electron chi connectivity index (χ2n) is 14.1. The fourth-order valence-corrected chi connectivity index (χ4v) is 7.13. The van der Waals surface area contributed by atoms with Crippen LogP contribution in [0.2, 0.25) is 18.1 Å². The lowest BCUT2D eigenvalue weighted by Gasteiger charge is -2.45. The SMILES string of the molecule is CC(C)c1nc2c(c(C3=CCCC3)c1[C@H](O)c1ccc(CO)cc1)[C@@H](O[Si](C)(C)C(C)(C)C)CC(C)(C)C2. The molecule has 0 unspecified atom stereocenters. The van der Waals surface area contributed by atoms with Crippen molar-refractivity contribution in [2.45, 2.75) is 123 Å². The van der Waals surface area contributed by atoms with Crippen molar-refractivity contribution in [2.24, 2.45) is 5.41 Å². The van der Waals surface area contributed by atoms with Gasteiger partial charge in [0.25, 0.3) is 0 Å². The van der Waals surface area contributed by atoms with Crippen LogP contribution in [-0.4, -0.2) is 23.5 Å². The van der Waals surface area contributed by atoms with Crippen LogP contribution in [0.15, 0.2) is 30.3 Å². The van der Waals surface area contributed by atoms with E-state index in [2.05, 4.69) is 67.6 Å². The Morgan fingerprint density at radius 3 is 2.32 bits per heavy atom. The predicted octanol–water partition coefficient (Wildman–Crippen LogP) is 8.38. The van der Waals surface area contributed by atoms with Crippen molar-refractivity contribution in [3.63, 3.8) is 0 Å². The lowest BCUT2D eigenvalue weighted by molar-refractivity contribution is 0.105. The Kier molecular flexibility index (Phi) is 8.18. The Morgan fingerprint density at radius 1 is 1.13 bits per heavy atom. The van der Waals surface area contributed by atoms with Crippen LogP contribution in [0.1, 0.15) is 131 Å². The summed E-state index contributed by atoms with van der Waals surface area (Å²) < 4.78 is 7.24. The summed E-state index contributed by atoms with van der Waals surface area (Å²) in [7, 11) is -2.07. The summed E-state index contributed by atoms with van der Waals surface area (Å²) in [6, 6.07) is 7.69. The number of benzene rings is 1. The lowest BCUT2D eigenvalue weighted by Crippen LogP contribution is -2.44. The monoisotopic (exact) mass is 535 g/mol. The van der Waals surface area contributed by atoms with Gasteiger partial charge in [0.05, 0.1) is 12.7 Å². The Hall–Kier alpha value is -1.79. The highest BCUT2D eigenvalue weighted by Gasteiger charge is 2.45. The molecule has 5 heteroatoms. The van der Waals surface area contributed by atoms with Gasteiger partial charge < -0.3 is 14.6 Å². The molecule has 0 fully saturated rings. The number of fused-ring (bicyclic) bond motifs is 1. The fraction of sp³-hybridized carbons (Fsp3) is 0.606. The molecule has 0 saturated carbocycles. The Labute approximate surface area is 231 Å². The molecular formula is C33H49NO3Si. The number of hydrogen-bond acceptors (Lipinski definition) is 4. The second-order valence-corrected chi connectivity index (χ2v) is 18.9. The Bertz CT molecular complexity index is 1190. The molecule has 2 N–H and O–H groups in total. The average Bonchev–Trinajstić information content (AvgIpc) is 3.35. The molecule has 208 valence electrons. The largest absolute Gasteiger partial charge is 0.410 e. The number of allylic oxidation sites excluding steroid dienone is 2. The number of aliphatic hydroxyl groups excluding tert-OH is 2. The van der Waals surface area contributed by atoms with Gasteiger partial charge in [0, 0.05) is 22.5 Å². The van der Waals surface area contributed by atoms with Crippen LogP contribution >= 0.6 is 0 Å². The second kappa shape index (κ2) is 10.6. The molecule has 0 bridgehead atoms. The van der Waals surface area contributed by atoms with E-state index >= 15 is 0 Å². The van der Waals surface area contributed by atoms with Crippen molar-refractivity contribution in [2.75, 3.05) is 0 Å². The highest BCUT2D eigenvalue weighted by atomic mass is 28.4. The third kappa shape index (κ3) is 5.72. The number of nitrogens with zero attached hydrogens (tertiary/aromatic N) is 1. The maximum Gasteiger partial charge on any atom is 0.192 e. The van der Waals surface area contributed by atoms with Gasteiger partial charge in [-0.3, -0.25) is 4.98 Å². The van der Waals surface area contributed by atoms with Crippen molar-refractivity contribution in [1.82, 2.24) is 4.98 Å². The number of aliphatic hydroxyl groups is 2. The summed E-state index contributed by atoms with van der Waals surface area (Å²) in [5.41, 5.74) is 8.64. The van der Waals surface area contributed by atoms with E-state index in [1.807, 2.05) is 24.3 Å². The minimum Gasteiger partial charge on any atom is -0.410 e. The van der Waals surface area contributed by atoms with Crippen molar-refractivity contribution in [1.29, 1.82) is 0 Å². The van der Waals surface area contributed by atoms with E-state index in [4.69, 9.17) is 9.41 Å². The normalized spacial score (nSPS) is 20.4. The molecule has 2 aliphatic rings. The third-order valence-electron chi connectivity index (χ3n) is 8.99. The van der Waals surface area contributed by atoms with Crippen molar-refractivity contribution in [3.8, 4) is 0 Å². The van der Waals surface area contributed by atoms with E-state index in [1.54, 1.807) is 0 Å². The molecule has 2 aliphatic carbocycles. The van der Waals surface area contributed by atoms with Gasteiger partial charge in [-0.25, -0.2) is 0 Å². The van der Waals surface area contributed by atoms with E-state index in [9.17, 15) is 10.2 Å². The first-order chi connectivity index (χ1) is 17.6. The lowest BCUT2D eigenvalue weighted by atomic mass is 9.71. The molecular weight excluding hydrogens is 486 g/mol. The van der Waals surface area contributed by atoms with Crippen molar-refractivity contribution in [3.05, 3.63) is 69.5 Å². The van der Waals surface area contributed by atoms with E-state index in [1.165, 1.54) is 16.7 Å². The van der Waals surface area contributed by atoms with Crippen LogP contribution in [0.4, 0.5) is 0 Å². The minimum absolute atomic E-state index is 0.00554. The molecule has 1 aromatic carbocycles. The summed E-state index contributed by atoms with van der Waals surface area (Å²) in [4.78, 5) is 5.37. The Morgan fingerprint density at radius 2 is 1.79 bits per heavy atom. The van der Waals surface area contributed by atoms with Gasteiger partial charge in [0.15, 0.2) is 8.32 Å². The summed E-state index contributed by atoms with van der Waals surface area (Å²) in [6.07, 6.45) is 6.66. The predicted molar refractivity (Wildman–Crippen MR) is 160 cm³/mol. The van der Waals surface area contributed by atoms with Crippen LogP contribution in [-0.2, 0) is 17.5 Å². The molecule has 1 aromatic heterocycles. The number of pyridine rings is 1. The minimum atomic E-state index is -2.07. The molecule has 0 amide bonds. The fourth-order valence-electron chi connectivity index (χ4n) is 5.86. The summed E-state index contributed by atoms with van der Waals surface area (Å²) in [6.45, 7) is 20.7. The highest BCUT2D eigenvalue weighted by Crippen LogP contribution is 2.52. The van der Waals surface area contributed by atoms with Crippen molar-refractivity contribution < 1.29 is 14.6 Å². The molecule has 0 radical (unpaired) electrons. The smallest absolute Gasteiger partial charge is 0.192 e. The van der Waals surface area contributed by atoms with Gasteiger partial charge in [-0.15, -0.1) is 0 Å². The van der Waals surface area contributed by atoms with Crippen LogP contribution in [0.25, 0.3) is 5.57 Å². The van der Waals surface area contributed by atoms with Gasteiger partial charge in [-0.2, -0.15) is 0 Å². The first-order valence-electron chi connectivity index (χ1n) is 14.5. The topological polar surface area (TPSA) is 62.6 Å². The first-order valence-corrected chi connectivity index (χ1v) is 17.4. The molecule has 0 spiro atoms. The highest BCUT2D eigenvalue weighted by molar-refractivity contribution is 6.74. The standard InChI is InChI=1S/C33H49NO3Si/c1-21(2)30-29(31(36)24-16-14-22(20-35)15-17-24)27(23-12-10-11-13-23)28-25(34-30)18-33(6,7)19-26(28)37-38(8,9)32(3,4)5/h12,14-17,21,26,31,35-36H,10-11,13,18-20H2,1-9H3/t26-,31+/m0/s1. The van der Waals surface area contributed by atoms with Crippen molar-refractivity contribution >= 4 is 13.9 Å². The van der Waals surface area contributed by atoms with E-state index < -0.39 is 14.4 Å². The van der Waals surface area contributed by atoms with Crippen LogP contribution in [0, 0.1) is 5.41 Å². The number of hydrogen-bond donors (Lipinski definition) is 2. The quantitative estimate of drug-likeness (QED) is 0.350. The summed E-state index contributed by atoms with van der Waals surface area (Å²) in [5.74, 6) is 0.173. The van der Waals surface area contributed by atoms with Crippen LogP contribution < -0.4 is 0 Å². The van der Waals surface area contributed by atoms with Crippen LogP contribution in [0.3, 0.4) is 0 Å². The van der Waals surface area contributed by atoms with Gasteiger partial charge >= 0.3 is 0 Å². The first kappa shape index (κ1) is 29.2. The zero-order chi connectivity index (χ0) is 28.0. The van der Waals surface area contributed by atoms with E-state index in [0.717, 1.165) is 60.2 Å². The molecule has 1 heterocycles. The zero-order valence-corrected chi connectivity index (χ0v) is 26.1. The molecule has 2 atom stereocenters. The van der Waals surface area contributed by atoms with Crippen LogP contribution in [0.5, 0.6) is 0 Å². The van der Waals surface area contributed by atoms with Gasteiger partial charge in [-0.05, 0) is 83.8 Å². The molecule has 2 aromatic rings. The molecule has 4 rings (SSSR count). The summed E-state index contributed by atoms with van der Waals surface area (Å²) >= 11 is 0. The third-order valence-corrected chi connectivity index (χ3v) is 13.5. The number of aromatic nitrogens is 1. The van der Waals surface area contributed by atoms with Gasteiger partial charge in [0.2, 0.25) is 0 Å². The molecule has 0 saturated heterocycles. The molecule has 38 heavy (non-hydrogen) atoms. The maximum atomic E-state index is 12.0. The zero-order valence-electron chi connectivity index (χ0n) is 25.1. The maximum absolute atomic E-state index is 12.0. The number of rotatable bonds is 7.